The van der Waals surface area contributed by atoms with Gasteiger partial charge < -0.3 is 24.1 Å². The van der Waals surface area contributed by atoms with E-state index >= 15 is 0 Å². The fourth-order valence-electron chi connectivity index (χ4n) is 3.23. The normalized spacial score (nSPS) is 32.8. The highest BCUT2D eigenvalue weighted by Crippen LogP contribution is 2.41. The summed E-state index contributed by atoms with van der Waals surface area (Å²) in [6, 6.07) is 9.52. The van der Waals surface area contributed by atoms with Gasteiger partial charge in [-0.15, -0.1) is 0 Å². The van der Waals surface area contributed by atoms with E-state index in [0.717, 1.165) is 4.90 Å². The first-order chi connectivity index (χ1) is 12.8. The van der Waals surface area contributed by atoms with Crippen molar-refractivity contribution in [1.29, 1.82) is 0 Å². The van der Waals surface area contributed by atoms with Crippen molar-refractivity contribution in [1.82, 2.24) is 0 Å². The summed E-state index contributed by atoms with van der Waals surface area (Å²) in [4.78, 5) is 24.7. The first kappa shape index (κ1) is 20.1. The Labute approximate surface area is 162 Å². The first-order valence-electron chi connectivity index (χ1n) is 8.93. The van der Waals surface area contributed by atoms with E-state index in [4.69, 9.17) is 18.9 Å². The SMILES string of the molecule is CC(=O)O[C@@H]1C[C@@H](C(=O)OC(C)C)O[C@@H]2[C@@H]1OC(Sc1ccccc1)[C@@H]2O. The van der Waals surface area contributed by atoms with E-state index in [1.165, 1.54) is 18.7 Å². The number of aliphatic hydroxyl groups excluding tert-OH is 1. The molecule has 2 aliphatic heterocycles. The number of rotatable bonds is 5. The van der Waals surface area contributed by atoms with Crippen molar-refractivity contribution in [2.24, 2.45) is 0 Å². The van der Waals surface area contributed by atoms with Crippen LogP contribution in [0, 0.1) is 0 Å². The smallest absolute Gasteiger partial charge is 0.335 e. The molecule has 1 aromatic carbocycles. The van der Waals surface area contributed by atoms with E-state index in [2.05, 4.69) is 0 Å². The van der Waals surface area contributed by atoms with Gasteiger partial charge in [0, 0.05) is 18.2 Å². The number of carbonyl (C=O) groups is 2. The number of aliphatic hydroxyl groups is 1. The molecule has 3 rings (SSSR count). The lowest BCUT2D eigenvalue weighted by Gasteiger charge is -2.36. The second kappa shape index (κ2) is 8.60. The molecule has 2 aliphatic rings. The highest BCUT2D eigenvalue weighted by molar-refractivity contribution is 7.99. The molecule has 0 radical (unpaired) electrons. The largest absolute Gasteiger partial charge is 0.461 e. The summed E-state index contributed by atoms with van der Waals surface area (Å²) in [7, 11) is 0. The molecule has 1 unspecified atom stereocenters. The van der Waals surface area contributed by atoms with Crippen molar-refractivity contribution in [2.45, 2.75) is 74.1 Å². The molecule has 0 aromatic heterocycles. The molecule has 7 nitrogen and oxygen atoms in total. The Morgan fingerprint density at radius 3 is 2.52 bits per heavy atom. The Hall–Kier alpha value is -1.61. The van der Waals surface area contributed by atoms with Crippen LogP contribution in [-0.4, -0.2) is 59.1 Å². The van der Waals surface area contributed by atoms with Crippen LogP contribution in [0.15, 0.2) is 35.2 Å². The van der Waals surface area contributed by atoms with Crippen LogP contribution in [0.1, 0.15) is 27.2 Å². The molecule has 0 bridgehead atoms. The van der Waals surface area contributed by atoms with E-state index in [0.29, 0.717) is 0 Å². The molecule has 2 saturated heterocycles. The fraction of sp³-hybridized carbons (Fsp3) is 0.579. The predicted octanol–water partition coefficient (Wildman–Crippen LogP) is 1.91. The number of hydrogen-bond donors (Lipinski definition) is 1. The van der Waals surface area contributed by atoms with Crippen molar-refractivity contribution in [3.63, 3.8) is 0 Å². The summed E-state index contributed by atoms with van der Waals surface area (Å²) in [6.07, 6.45) is -4.19. The Kier molecular flexibility index (Phi) is 6.41. The van der Waals surface area contributed by atoms with Gasteiger partial charge in [0.2, 0.25) is 0 Å². The topological polar surface area (TPSA) is 91.3 Å². The predicted molar refractivity (Wildman–Crippen MR) is 97.0 cm³/mol. The lowest BCUT2D eigenvalue weighted by Crippen LogP contribution is -2.53. The maximum atomic E-state index is 12.3. The van der Waals surface area contributed by atoms with Gasteiger partial charge in [0.05, 0.1) is 6.10 Å². The molecule has 0 aliphatic carbocycles. The Morgan fingerprint density at radius 2 is 1.89 bits per heavy atom. The van der Waals surface area contributed by atoms with Gasteiger partial charge in [-0.25, -0.2) is 4.79 Å². The maximum Gasteiger partial charge on any atom is 0.335 e. The van der Waals surface area contributed by atoms with Gasteiger partial charge in [0.15, 0.2) is 6.10 Å². The molecule has 27 heavy (non-hydrogen) atoms. The lowest BCUT2D eigenvalue weighted by atomic mass is 9.96. The second-order valence-electron chi connectivity index (χ2n) is 6.85. The van der Waals surface area contributed by atoms with Gasteiger partial charge in [0.25, 0.3) is 0 Å². The molecule has 2 fully saturated rings. The van der Waals surface area contributed by atoms with Crippen LogP contribution in [0.5, 0.6) is 0 Å². The van der Waals surface area contributed by atoms with Crippen LogP contribution in [0.25, 0.3) is 0 Å². The van der Waals surface area contributed by atoms with Crippen molar-refractivity contribution < 1.29 is 33.6 Å². The summed E-state index contributed by atoms with van der Waals surface area (Å²) in [6.45, 7) is 4.79. The number of fused-ring (bicyclic) bond motifs is 1. The molecule has 6 atom stereocenters. The minimum absolute atomic E-state index is 0.127. The molecule has 0 spiro atoms. The molecule has 1 N–H and O–H groups in total. The monoisotopic (exact) mass is 396 g/mol. The minimum atomic E-state index is -0.979. The van der Waals surface area contributed by atoms with Crippen LogP contribution in [-0.2, 0) is 28.5 Å². The van der Waals surface area contributed by atoms with E-state index in [1.807, 2.05) is 30.3 Å². The van der Waals surface area contributed by atoms with Crippen molar-refractivity contribution in [2.75, 3.05) is 0 Å². The molecule has 148 valence electrons. The number of thioether (sulfide) groups is 1. The maximum absolute atomic E-state index is 12.3. The molecule has 1 aromatic rings. The summed E-state index contributed by atoms with van der Waals surface area (Å²) in [5.41, 5.74) is -0.597. The van der Waals surface area contributed by atoms with Crippen LogP contribution in [0.2, 0.25) is 0 Å². The number of carbonyl (C=O) groups excluding carboxylic acids is 2. The third-order valence-corrected chi connectivity index (χ3v) is 5.46. The van der Waals surface area contributed by atoms with Gasteiger partial charge in [-0.1, -0.05) is 30.0 Å². The number of hydrogen-bond acceptors (Lipinski definition) is 8. The summed E-state index contributed by atoms with van der Waals surface area (Å²) >= 11 is 1.36. The third kappa shape index (κ3) is 4.82. The Morgan fingerprint density at radius 1 is 1.19 bits per heavy atom. The zero-order valence-corrected chi connectivity index (χ0v) is 16.3. The van der Waals surface area contributed by atoms with E-state index in [9.17, 15) is 14.7 Å². The third-order valence-electron chi connectivity index (χ3n) is 4.29. The molecular weight excluding hydrogens is 372 g/mol. The summed E-state index contributed by atoms with van der Waals surface area (Å²) < 4.78 is 22.4. The molecule has 2 heterocycles. The van der Waals surface area contributed by atoms with Crippen molar-refractivity contribution in [3.05, 3.63) is 30.3 Å². The second-order valence-corrected chi connectivity index (χ2v) is 8.02. The van der Waals surface area contributed by atoms with Crippen LogP contribution in [0.4, 0.5) is 0 Å². The van der Waals surface area contributed by atoms with E-state index in [1.54, 1.807) is 13.8 Å². The van der Waals surface area contributed by atoms with Gasteiger partial charge in [-0.2, -0.15) is 0 Å². The fourth-order valence-corrected chi connectivity index (χ4v) is 4.29. The van der Waals surface area contributed by atoms with Crippen molar-refractivity contribution >= 4 is 23.7 Å². The van der Waals surface area contributed by atoms with Crippen molar-refractivity contribution in [3.8, 4) is 0 Å². The van der Waals surface area contributed by atoms with Gasteiger partial charge >= 0.3 is 11.9 Å². The Balaban J connectivity index is 1.76. The van der Waals surface area contributed by atoms with Crippen LogP contribution < -0.4 is 0 Å². The average molecular weight is 396 g/mol. The summed E-state index contributed by atoms with van der Waals surface area (Å²) in [5, 5.41) is 10.7. The zero-order valence-electron chi connectivity index (χ0n) is 15.4. The lowest BCUT2D eigenvalue weighted by molar-refractivity contribution is -0.202. The number of ether oxygens (including phenoxy) is 4. The first-order valence-corrected chi connectivity index (χ1v) is 9.81. The van der Waals surface area contributed by atoms with E-state index < -0.39 is 47.9 Å². The standard InChI is InChI=1S/C19H24O7S/c1-10(2)23-18(22)14-9-13(24-11(3)20)16-17(25-14)15(21)19(26-16)27-12-7-5-4-6-8-12/h4-8,10,13-17,19,21H,9H2,1-3H3/t13-,14+,15-,16-,17+,19?/m1/s1. The minimum Gasteiger partial charge on any atom is -0.461 e. The molecular formula is C19H24O7S. The zero-order chi connectivity index (χ0) is 19.6. The average Bonchev–Trinajstić information content (AvgIpc) is 2.91. The van der Waals surface area contributed by atoms with Gasteiger partial charge in [-0.3, -0.25) is 4.79 Å². The van der Waals surface area contributed by atoms with Crippen LogP contribution >= 0.6 is 11.8 Å². The molecule has 0 amide bonds. The van der Waals surface area contributed by atoms with Gasteiger partial charge in [-0.05, 0) is 26.0 Å². The molecule has 8 heteroatoms. The highest BCUT2D eigenvalue weighted by atomic mass is 32.2. The number of benzene rings is 1. The summed E-state index contributed by atoms with van der Waals surface area (Å²) in [5.74, 6) is -1.01. The molecule has 0 saturated carbocycles. The van der Waals surface area contributed by atoms with Gasteiger partial charge in [0.1, 0.15) is 29.9 Å². The number of esters is 2. The Bertz CT molecular complexity index is 665. The quantitative estimate of drug-likeness (QED) is 0.755. The van der Waals surface area contributed by atoms with Crippen LogP contribution in [0.3, 0.4) is 0 Å². The van der Waals surface area contributed by atoms with E-state index in [-0.39, 0.29) is 12.5 Å². The highest BCUT2D eigenvalue weighted by Gasteiger charge is 2.55.